The minimum Gasteiger partial charge on any atom is -0.389 e. The molecule has 0 atom stereocenters. The van der Waals surface area contributed by atoms with Crippen LogP contribution in [0.1, 0.15) is 25.7 Å². The maximum absolute atomic E-state index is 11.2. The van der Waals surface area contributed by atoms with Gasteiger partial charge >= 0.3 is 0 Å². The highest BCUT2D eigenvalue weighted by Crippen LogP contribution is 2.28. The molecule has 0 aromatic rings. The molecule has 0 heterocycles. The van der Waals surface area contributed by atoms with Crippen molar-refractivity contribution in [2.45, 2.75) is 31.3 Å². The lowest BCUT2D eigenvalue weighted by molar-refractivity contribution is 0.0532. The molecule has 0 bridgehead atoms. The fraction of sp³-hybridized carbons (Fsp3) is 0.778. The molecule has 5 heteroatoms. The fourth-order valence-electron chi connectivity index (χ4n) is 1.67. The zero-order valence-corrected chi connectivity index (χ0v) is 9.02. The van der Waals surface area contributed by atoms with Crippen molar-refractivity contribution < 1.29 is 13.5 Å². The molecule has 1 fully saturated rings. The van der Waals surface area contributed by atoms with Crippen LogP contribution in [0.25, 0.3) is 0 Å². The Balaban J connectivity index is 2.43. The standard InChI is InChI=1S/C9H17NO3S/c1-2-7-14(12,13)10-8-9(11)5-3-4-6-9/h2,10-11H,1,3-8H2. The highest BCUT2D eigenvalue weighted by molar-refractivity contribution is 7.89. The Morgan fingerprint density at radius 1 is 1.43 bits per heavy atom. The van der Waals surface area contributed by atoms with Crippen LogP contribution in [0.3, 0.4) is 0 Å². The topological polar surface area (TPSA) is 66.4 Å². The summed E-state index contributed by atoms with van der Waals surface area (Å²) in [5, 5.41) is 9.87. The Labute approximate surface area is 85.1 Å². The van der Waals surface area contributed by atoms with Gasteiger partial charge in [-0.1, -0.05) is 18.9 Å². The zero-order chi connectivity index (χ0) is 10.7. The Morgan fingerprint density at radius 2 is 2.00 bits per heavy atom. The van der Waals surface area contributed by atoms with Gasteiger partial charge in [-0.15, -0.1) is 6.58 Å². The number of hydrogen-bond acceptors (Lipinski definition) is 3. The highest BCUT2D eigenvalue weighted by atomic mass is 32.2. The fourth-order valence-corrected chi connectivity index (χ4v) is 2.58. The Hall–Kier alpha value is -0.390. The molecule has 82 valence electrons. The summed E-state index contributed by atoms with van der Waals surface area (Å²) in [5.41, 5.74) is -0.825. The third-order valence-corrected chi connectivity index (χ3v) is 3.75. The molecule has 0 spiro atoms. The number of aliphatic hydroxyl groups is 1. The van der Waals surface area contributed by atoms with Crippen LogP contribution in [0.15, 0.2) is 12.7 Å². The van der Waals surface area contributed by atoms with Crippen molar-refractivity contribution >= 4 is 10.0 Å². The molecule has 1 saturated carbocycles. The van der Waals surface area contributed by atoms with E-state index in [0.717, 1.165) is 12.8 Å². The number of sulfonamides is 1. The van der Waals surface area contributed by atoms with E-state index >= 15 is 0 Å². The van der Waals surface area contributed by atoms with E-state index < -0.39 is 15.6 Å². The first-order valence-corrected chi connectivity index (χ1v) is 6.43. The summed E-state index contributed by atoms with van der Waals surface area (Å²) in [7, 11) is -3.29. The van der Waals surface area contributed by atoms with Gasteiger partial charge in [0.25, 0.3) is 0 Å². The zero-order valence-electron chi connectivity index (χ0n) is 8.20. The van der Waals surface area contributed by atoms with Gasteiger partial charge in [0.1, 0.15) is 0 Å². The molecular formula is C9H17NO3S. The first kappa shape index (κ1) is 11.7. The third-order valence-electron chi connectivity index (χ3n) is 2.49. The largest absolute Gasteiger partial charge is 0.389 e. The second-order valence-electron chi connectivity index (χ2n) is 3.82. The maximum atomic E-state index is 11.2. The van der Waals surface area contributed by atoms with Crippen LogP contribution in [0.5, 0.6) is 0 Å². The first-order valence-electron chi connectivity index (χ1n) is 4.78. The Morgan fingerprint density at radius 3 is 2.50 bits per heavy atom. The van der Waals surface area contributed by atoms with E-state index in [1.54, 1.807) is 0 Å². The summed E-state index contributed by atoms with van der Waals surface area (Å²) in [6.45, 7) is 3.49. The maximum Gasteiger partial charge on any atom is 0.215 e. The van der Waals surface area contributed by atoms with Crippen molar-refractivity contribution in [2.75, 3.05) is 12.3 Å². The summed E-state index contributed by atoms with van der Waals surface area (Å²) < 4.78 is 24.9. The lowest BCUT2D eigenvalue weighted by atomic mass is 10.0. The van der Waals surface area contributed by atoms with Crippen molar-refractivity contribution in [2.24, 2.45) is 0 Å². The van der Waals surface area contributed by atoms with Gasteiger partial charge in [0.2, 0.25) is 10.0 Å². The van der Waals surface area contributed by atoms with E-state index in [1.807, 2.05) is 0 Å². The predicted molar refractivity (Wildman–Crippen MR) is 55.4 cm³/mol. The van der Waals surface area contributed by atoms with E-state index in [-0.39, 0.29) is 12.3 Å². The van der Waals surface area contributed by atoms with Crippen LogP contribution >= 0.6 is 0 Å². The van der Waals surface area contributed by atoms with E-state index in [1.165, 1.54) is 6.08 Å². The molecule has 1 rings (SSSR count). The average Bonchev–Trinajstić information content (AvgIpc) is 2.50. The number of nitrogens with one attached hydrogen (secondary N) is 1. The molecule has 0 aromatic carbocycles. The minimum atomic E-state index is -3.29. The van der Waals surface area contributed by atoms with Crippen LogP contribution in [0.4, 0.5) is 0 Å². The molecular weight excluding hydrogens is 202 g/mol. The summed E-state index contributed by atoms with van der Waals surface area (Å²) >= 11 is 0. The lowest BCUT2D eigenvalue weighted by Gasteiger charge is -2.21. The van der Waals surface area contributed by atoms with E-state index in [4.69, 9.17) is 0 Å². The molecule has 14 heavy (non-hydrogen) atoms. The number of hydrogen-bond donors (Lipinski definition) is 2. The molecule has 0 aliphatic heterocycles. The second-order valence-corrected chi connectivity index (χ2v) is 5.67. The SMILES string of the molecule is C=CCS(=O)(=O)NCC1(O)CCCC1. The second kappa shape index (κ2) is 4.42. The van der Waals surface area contributed by atoms with Crippen molar-refractivity contribution in [1.82, 2.24) is 4.72 Å². The van der Waals surface area contributed by atoms with Gasteiger partial charge in [-0.05, 0) is 12.8 Å². The lowest BCUT2D eigenvalue weighted by Crippen LogP contribution is -2.41. The monoisotopic (exact) mass is 219 g/mol. The Kier molecular flexibility index (Phi) is 3.69. The van der Waals surface area contributed by atoms with Crippen LogP contribution in [0, 0.1) is 0 Å². The summed E-state index contributed by atoms with van der Waals surface area (Å²) in [6.07, 6.45) is 4.65. The molecule has 1 aliphatic carbocycles. The number of rotatable bonds is 5. The van der Waals surface area contributed by atoms with Gasteiger partial charge in [-0.3, -0.25) is 0 Å². The molecule has 2 N–H and O–H groups in total. The van der Waals surface area contributed by atoms with Crippen LogP contribution in [-0.2, 0) is 10.0 Å². The third kappa shape index (κ3) is 3.40. The van der Waals surface area contributed by atoms with Crippen molar-refractivity contribution in [1.29, 1.82) is 0 Å². The van der Waals surface area contributed by atoms with Crippen molar-refractivity contribution in [3.8, 4) is 0 Å². The van der Waals surface area contributed by atoms with E-state index in [0.29, 0.717) is 12.8 Å². The van der Waals surface area contributed by atoms with Crippen molar-refractivity contribution in [3.63, 3.8) is 0 Å². The molecule has 4 nitrogen and oxygen atoms in total. The minimum absolute atomic E-state index is 0.0942. The summed E-state index contributed by atoms with van der Waals surface area (Å²) in [5.74, 6) is -0.0942. The quantitative estimate of drug-likeness (QED) is 0.658. The highest BCUT2D eigenvalue weighted by Gasteiger charge is 2.31. The molecule has 1 aliphatic rings. The van der Waals surface area contributed by atoms with Crippen LogP contribution in [0.2, 0.25) is 0 Å². The van der Waals surface area contributed by atoms with Crippen molar-refractivity contribution in [3.05, 3.63) is 12.7 Å². The van der Waals surface area contributed by atoms with Crippen LogP contribution in [-0.4, -0.2) is 31.4 Å². The van der Waals surface area contributed by atoms with Gasteiger partial charge in [0, 0.05) is 6.54 Å². The average molecular weight is 219 g/mol. The van der Waals surface area contributed by atoms with Gasteiger partial charge in [-0.25, -0.2) is 13.1 Å². The predicted octanol–water partition coefficient (Wildman–Crippen LogP) is 0.397. The molecule has 0 aromatic heterocycles. The van der Waals surface area contributed by atoms with E-state index in [9.17, 15) is 13.5 Å². The molecule has 0 unspecified atom stereocenters. The van der Waals surface area contributed by atoms with Gasteiger partial charge < -0.3 is 5.11 Å². The normalized spacial score (nSPS) is 20.9. The van der Waals surface area contributed by atoms with Gasteiger partial charge in [-0.2, -0.15) is 0 Å². The molecule has 0 amide bonds. The summed E-state index contributed by atoms with van der Waals surface area (Å²) in [4.78, 5) is 0. The molecule has 0 saturated heterocycles. The first-order chi connectivity index (χ1) is 6.47. The summed E-state index contributed by atoms with van der Waals surface area (Å²) in [6, 6.07) is 0. The van der Waals surface area contributed by atoms with Gasteiger partial charge in [0.05, 0.1) is 11.4 Å². The van der Waals surface area contributed by atoms with Crippen LogP contribution < -0.4 is 4.72 Å². The van der Waals surface area contributed by atoms with E-state index in [2.05, 4.69) is 11.3 Å². The Bertz CT molecular complexity index is 291. The molecule has 0 radical (unpaired) electrons. The smallest absolute Gasteiger partial charge is 0.215 e. The van der Waals surface area contributed by atoms with Gasteiger partial charge in [0.15, 0.2) is 0 Å².